The summed E-state index contributed by atoms with van der Waals surface area (Å²) in [4.78, 5) is 20.8. The Kier molecular flexibility index (Phi) is 2.51. The highest BCUT2D eigenvalue weighted by Crippen LogP contribution is 2.28. The van der Waals surface area contributed by atoms with Gasteiger partial charge in [-0.05, 0) is 6.07 Å². The van der Waals surface area contributed by atoms with Crippen molar-refractivity contribution in [3.63, 3.8) is 0 Å². The highest BCUT2D eigenvalue weighted by Gasteiger charge is 2.13. The SMILES string of the molecule is CNc1ncnc2sc(C(=O)OC)cc12. The summed E-state index contributed by atoms with van der Waals surface area (Å²) in [5.41, 5.74) is 0. The van der Waals surface area contributed by atoms with Crippen LogP contribution in [0, 0.1) is 0 Å². The van der Waals surface area contributed by atoms with E-state index >= 15 is 0 Å². The summed E-state index contributed by atoms with van der Waals surface area (Å²) in [6.45, 7) is 0. The van der Waals surface area contributed by atoms with Crippen LogP contribution >= 0.6 is 11.3 Å². The highest BCUT2D eigenvalue weighted by atomic mass is 32.1. The number of fused-ring (bicyclic) bond motifs is 1. The maximum Gasteiger partial charge on any atom is 0.348 e. The smallest absolute Gasteiger partial charge is 0.348 e. The first-order chi connectivity index (χ1) is 7.26. The second-order valence-electron chi connectivity index (χ2n) is 2.79. The first-order valence-corrected chi connectivity index (χ1v) is 5.08. The van der Waals surface area contributed by atoms with E-state index in [2.05, 4.69) is 20.0 Å². The van der Waals surface area contributed by atoms with Gasteiger partial charge in [-0.3, -0.25) is 0 Å². The normalized spacial score (nSPS) is 10.3. The fourth-order valence-corrected chi connectivity index (χ4v) is 2.17. The first kappa shape index (κ1) is 9.85. The molecular formula is C9H9N3O2S. The van der Waals surface area contributed by atoms with Crippen LogP contribution in [0.5, 0.6) is 0 Å². The van der Waals surface area contributed by atoms with E-state index in [0.717, 1.165) is 10.2 Å². The molecule has 5 nitrogen and oxygen atoms in total. The van der Waals surface area contributed by atoms with E-state index in [0.29, 0.717) is 10.7 Å². The van der Waals surface area contributed by atoms with Crippen LogP contribution in [0.3, 0.4) is 0 Å². The zero-order valence-corrected chi connectivity index (χ0v) is 9.09. The third-order valence-corrected chi connectivity index (χ3v) is 2.98. The predicted molar refractivity (Wildman–Crippen MR) is 58.3 cm³/mol. The average molecular weight is 223 g/mol. The first-order valence-electron chi connectivity index (χ1n) is 4.27. The number of carbonyl (C=O) groups is 1. The Hall–Kier alpha value is -1.69. The van der Waals surface area contributed by atoms with Gasteiger partial charge >= 0.3 is 5.97 Å². The number of methoxy groups -OCH3 is 1. The summed E-state index contributed by atoms with van der Waals surface area (Å²) in [5.74, 6) is 0.367. The zero-order chi connectivity index (χ0) is 10.8. The lowest BCUT2D eigenvalue weighted by Crippen LogP contribution is -1.96. The minimum Gasteiger partial charge on any atom is -0.465 e. The molecule has 0 bridgehead atoms. The molecule has 0 radical (unpaired) electrons. The second-order valence-corrected chi connectivity index (χ2v) is 3.82. The molecule has 15 heavy (non-hydrogen) atoms. The van der Waals surface area contributed by atoms with Crippen molar-refractivity contribution in [3.05, 3.63) is 17.3 Å². The molecule has 1 N–H and O–H groups in total. The topological polar surface area (TPSA) is 64.1 Å². The summed E-state index contributed by atoms with van der Waals surface area (Å²) in [7, 11) is 3.13. The summed E-state index contributed by atoms with van der Waals surface area (Å²) < 4.78 is 4.64. The van der Waals surface area contributed by atoms with Crippen molar-refractivity contribution in [3.8, 4) is 0 Å². The molecular weight excluding hydrogens is 214 g/mol. The van der Waals surface area contributed by atoms with Gasteiger partial charge < -0.3 is 10.1 Å². The van der Waals surface area contributed by atoms with Gasteiger partial charge in [0.15, 0.2) is 0 Å². The summed E-state index contributed by atoms with van der Waals surface area (Å²) in [6, 6.07) is 1.73. The van der Waals surface area contributed by atoms with E-state index in [4.69, 9.17) is 0 Å². The third-order valence-electron chi connectivity index (χ3n) is 1.95. The standard InChI is InChI=1S/C9H9N3O2S/c1-10-7-5-3-6(9(13)14-2)15-8(5)12-4-11-7/h3-4H,1-2H3,(H,10,11,12). The lowest BCUT2D eigenvalue weighted by atomic mass is 10.3. The maximum atomic E-state index is 11.3. The number of aromatic nitrogens is 2. The van der Waals surface area contributed by atoms with Gasteiger partial charge in [0.25, 0.3) is 0 Å². The van der Waals surface area contributed by atoms with Gasteiger partial charge in [0.1, 0.15) is 21.9 Å². The van der Waals surface area contributed by atoms with Crippen LogP contribution in [0.15, 0.2) is 12.4 Å². The Morgan fingerprint density at radius 3 is 3.00 bits per heavy atom. The molecule has 0 unspecified atom stereocenters. The Balaban J connectivity index is 2.60. The molecule has 78 valence electrons. The number of hydrogen-bond acceptors (Lipinski definition) is 6. The minimum absolute atomic E-state index is 0.347. The number of ether oxygens (including phenoxy) is 1. The van der Waals surface area contributed by atoms with Gasteiger partial charge in [0, 0.05) is 7.05 Å². The summed E-state index contributed by atoms with van der Waals surface area (Å²) in [5, 5.41) is 3.78. The van der Waals surface area contributed by atoms with E-state index in [1.165, 1.54) is 24.8 Å². The quantitative estimate of drug-likeness (QED) is 0.782. The molecule has 0 saturated carbocycles. The van der Waals surface area contributed by atoms with Gasteiger partial charge in [-0.2, -0.15) is 0 Å². The lowest BCUT2D eigenvalue weighted by molar-refractivity contribution is 0.0606. The Labute approximate surface area is 90.1 Å². The van der Waals surface area contributed by atoms with E-state index < -0.39 is 0 Å². The van der Waals surface area contributed by atoms with E-state index in [-0.39, 0.29) is 5.97 Å². The molecule has 0 aliphatic rings. The minimum atomic E-state index is -0.347. The Bertz CT molecular complexity index is 509. The summed E-state index contributed by atoms with van der Waals surface area (Å²) in [6.07, 6.45) is 1.46. The van der Waals surface area contributed by atoms with Crippen molar-refractivity contribution in [2.45, 2.75) is 0 Å². The molecule has 0 atom stereocenters. The van der Waals surface area contributed by atoms with Crippen molar-refractivity contribution in [1.29, 1.82) is 0 Å². The van der Waals surface area contributed by atoms with Gasteiger partial charge in [-0.1, -0.05) is 0 Å². The predicted octanol–water partition coefficient (Wildman–Crippen LogP) is 1.52. The van der Waals surface area contributed by atoms with Crippen LogP contribution < -0.4 is 5.32 Å². The average Bonchev–Trinajstić information content (AvgIpc) is 2.71. The van der Waals surface area contributed by atoms with Crippen molar-refractivity contribution in [2.24, 2.45) is 0 Å². The van der Waals surface area contributed by atoms with Gasteiger partial charge in [-0.25, -0.2) is 14.8 Å². The third kappa shape index (κ3) is 1.63. The number of nitrogens with one attached hydrogen (secondary N) is 1. The monoisotopic (exact) mass is 223 g/mol. The largest absolute Gasteiger partial charge is 0.465 e. The van der Waals surface area contributed by atoms with Crippen molar-refractivity contribution >= 4 is 33.3 Å². The molecule has 2 aromatic rings. The van der Waals surface area contributed by atoms with E-state index in [1.54, 1.807) is 13.1 Å². The van der Waals surface area contributed by atoms with Crippen LogP contribution in [0.25, 0.3) is 10.2 Å². The molecule has 6 heteroatoms. The number of thiophene rings is 1. The fraction of sp³-hybridized carbons (Fsp3) is 0.222. The number of anilines is 1. The number of carbonyl (C=O) groups excluding carboxylic acids is 1. The summed E-state index contributed by atoms with van der Waals surface area (Å²) >= 11 is 1.29. The Morgan fingerprint density at radius 1 is 1.53 bits per heavy atom. The number of nitrogens with zero attached hydrogens (tertiary/aromatic N) is 2. The molecule has 0 saturated heterocycles. The molecule has 0 aromatic carbocycles. The van der Waals surface area contributed by atoms with Gasteiger partial charge in [-0.15, -0.1) is 11.3 Å². The highest BCUT2D eigenvalue weighted by molar-refractivity contribution is 7.20. The molecule has 2 heterocycles. The number of hydrogen-bond donors (Lipinski definition) is 1. The molecule has 0 spiro atoms. The van der Waals surface area contributed by atoms with Crippen LogP contribution in [0.4, 0.5) is 5.82 Å². The molecule has 2 rings (SSSR count). The van der Waals surface area contributed by atoms with Crippen LogP contribution in [-0.4, -0.2) is 30.1 Å². The van der Waals surface area contributed by atoms with Crippen LogP contribution in [0.1, 0.15) is 9.67 Å². The van der Waals surface area contributed by atoms with Crippen molar-refractivity contribution in [1.82, 2.24) is 9.97 Å². The molecule has 0 aliphatic carbocycles. The zero-order valence-electron chi connectivity index (χ0n) is 8.27. The maximum absolute atomic E-state index is 11.3. The van der Waals surface area contributed by atoms with Crippen LogP contribution in [0.2, 0.25) is 0 Å². The second kappa shape index (κ2) is 3.82. The van der Waals surface area contributed by atoms with Crippen molar-refractivity contribution < 1.29 is 9.53 Å². The molecule has 0 aliphatic heterocycles. The van der Waals surface area contributed by atoms with E-state index in [1.807, 2.05) is 0 Å². The van der Waals surface area contributed by atoms with E-state index in [9.17, 15) is 4.79 Å². The van der Waals surface area contributed by atoms with Gasteiger partial charge in [0.2, 0.25) is 0 Å². The lowest BCUT2D eigenvalue weighted by Gasteiger charge is -1.97. The molecule has 2 aromatic heterocycles. The number of esters is 1. The fourth-order valence-electron chi connectivity index (χ4n) is 1.26. The molecule has 0 amide bonds. The van der Waals surface area contributed by atoms with Gasteiger partial charge in [0.05, 0.1) is 12.5 Å². The van der Waals surface area contributed by atoms with Crippen molar-refractivity contribution in [2.75, 3.05) is 19.5 Å². The van der Waals surface area contributed by atoms with Crippen LogP contribution in [-0.2, 0) is 4.74 Å². The Morgan fingerprint density at radius 2 is 2.33 bits per heavy atom. The number of rotatable bonds is 2. The molecule has 0 fully saturated rings.